The zero-order chi connectivity index (χ0) is 25.2. The quantitative estimate of drug-likeness (QED) is 0.495. The van der Waals surface area contributed by atoms with Gasteiger partial charge in [-0.05, 0) is 72.9 Å². The summed E-state index contributed by atoms with van der Waals surface area (Å²) in [5.74, 6) is 2.37. The monoisotopic (exact) mass is 486 g/mol. The predicted molar refractivity (Wildman–Crippen MR) is 129 cm³/mol. The summed E-state index contributed by atoms with van der Waals surface area (Å²) in [6, 6.07) is 9.70. The smallest absolute Gasteiger partial charge is 0.309 e. The maximum absolute atomic E-state index is 12.1. The molecule has 190 valence electrons. The highest BCUT2D eigenvalue weighted by molar-refractivity contribution is 5.77. The van der Waals surface area contributed by atoms with Crippen LogP contribution in [0.1, 0.15) is 36.5 Å². The topological polar surface area (TPSA) is 92.7 Å². The summed E-state index contributed by atoms with van der Waals surface area (Å²) in [5, 5.41) is 9.93. The van der Waals surface area contributed by atoms with Crippen LogP contribution in [0.15, 0.2) is 30.3 Å². The molecule has 2 fully saturated rings. The number of benzene rings is 2. The van der Waals surface area contributed by atoms with Crippen molar-refractivity contribution < 1.29 is 38.3 Å². The van der Waals surface area contributed by atoms with Crippen LogP contribution in [0.3, 0.4) is 0 Å². The number of carboxylic acids is 1. The molecule has 2 aromatic rings. The van der Waals surface area contributed by atoms with E-state index in [1.807, 2.05) is 30.3 Å². The van der Waals surface area contributed by atoms with Crippen LogP contribution in [-0.4, -0.2) is 53.2 Å². The molecule has 1 saturated carbocycles. The summed E-state index contributed by atoms with van der Waals surface area (Å²) in [7, 11) is 7.96. The first-order valence-electron chi connectivity index (χ1n) is 11.8. The van der Waals surface area contributed by atoms with Gasteiger partial charge in [0.15, 0.2) is 23.0 Å². The van der Waals surface area contributed by atoms with E-state index in [1.54, 1.807) is 35.5 Å². The standard InChI is InChI=1S/C27H34O8/c1-30-20-7-6-16(11-21(20)31-2)10-18-15-35-24(19(18)14-27(8-9-27)26(28)29)17-12-22(32-3)25(34-5)23(13-17)33-4/h6-7,11-13,18-19,24H,8-10,14-15H2,1-5H3,(H,28,29)/t18-,19+,24+/m0/s1. The highest BCUT2D eigenvalue weighted by Gasteiger charge is 2.54. The van der Waals surface area contributed by atoms with Gasteiger partial charge in [-0.25, -0.2) is 0 Å². The molecule has 8 heteroatoms. The van der Waals surface area contributed by atoms with E-state index >= 15 is 0 Å². The van der Waals surface area contributed by atoms with Gasteiger partial charge in [-0.1, -0.05) is 6.07 Å². The average molecular weight is 487 g/mol. The molecule has 3 atom stereocenters. The van der Waals surface area contributed by atoms with Crippen LogP contribution in [-0.2, 0) is 16.0 Å². The van der Waals surface area contributed by atoms with E-state index in [1.165, 1.54) is 0 Å². The number of ether oxygens (including phenoxy) is 6. The minimum atomic E-state index is -0.724. The van der Waals surface area contributed by atoms with Crippen molar-refractivity contribution in [3.05, 3.63) is 41.5 Å². The van der Waals surface area contributed by atoms with Crippen molar-refractivity contribution in [1.29, 1.82) is 0 Å². The highest BCUT2D eigenvalue weighted by atomic mass is 16.5. The second kappa shape index (κ2) is 10.2. The Balaban J connectivity index is 1.67. The summed E-state index contributed by atoms with van der Waals surface area (Å²) < 4.78 is 33.8. The Hall–Kier alpha value is -3.13. The van der Waals surface area contributed by atoms with Crippen LogP contribution in [0.4, 0.5) is 0 Å². The van der Waals surface area contributed by atoms with Crippen LogP contribution in [0.5, 0.6) is 28.7 Å². The van der Waals surface area contributed by atoms with E-state index < -0.39 is 11.4 Å². The third-order valence-electron chi connectivity index (χ3n) is 7.38. The van der Waals surface area contributed by atoms with Crippen molar-refractivity contribution in [2.75, 3.05) is 42.2 Å². The molecule has 2 aromatic carbocycles. The molecular weight excluding hydrogens is 452 g/mol. The number of carboxylic acid groups (broad SMARTS) is 1. The molecule has 0 radical (unpaired) electrons. The largest absolute Gasteiger partial charge is 0.493 e. The van der Waals surface area contributed by atoms with Crippen molar-refractivity contribution in [2.45, 2.75) is 31.8 Å². The summed E-state index contributed by atoms with van der Waals surface area (Å²) in [4.78, 5) is 12.1. The number of hydrogen-bond donors (Lipinski definition) is 1. The molecule has 0 amide bonds. The number of aliphatic carboxylic acids is 1. The maximum atomic E-state index is 12.1. The first-order valence-corrected chi connectivity index (χ1v) is 11.8. The molecule has 0 aromatic heterocycles. The Labute approximate surface area is 206 Å². The summed E-state index contributed by atoms with van der Waals surface area (Å²) >= 11 is 0. The highest BCUT2D eigenvalue weighted by Crippen LogP contribution is 2.57. The minimum absolute atomic E-state index is 0.00417. The van der Waals surface area contributed by atoms with E-state index in [2.05, 4.69) is 0 Å². The Kier molecular flexibility index (Phi) is 7.31. The van der Waals surface area contributed by atoms with Crippen molar-refractivity contribution in [3.8, 4) is 28.7 Å². The predicted octanol–water partition coefficient (Wildman–Crippen LogP) is 4.53. The van der Waals surface area contributed by atoms with E-state index in [0.717, 1.165) is 17.5 Å². The molecule has 1 N–H and O–H groups in total. The molecule has 1 aliphatic carbocycles. The summed E-state index contributed by atoms with van der Waals surface area (Å²) in [5.41, 5.74) is 1.31. The molecule has 35 heavy (non-hydrogen) atoms. The molecule has 4 rings (SSSR count). The molecule has 2 aliphatic rings. The lowest BCUT2D eigenvalue weighted by molar-refractivity contribution is -0.144. The van der Waals surface area contributed by atoms with Gasteiger partial charge in [0.2, 0.25) is 5.75 Å². The SMILES string of the molecule is COc1ccc(C[C@H]2CO[C@H](c3cc(OC)c(OC)c(OC)c3)[C@@H]2CC2(C(=O)O)CC2)cc1OC. The average Bonchev–Trinajstić information content (AvgIpc) is 3.58. The van der Waals surface area contributed by atoms with Gasteiger partial charge >= 0.3 is 5.97 Å². The van der Waals surface area contributed by atoms with Crippen molar-refractivity contribution in [2.24, 2.45) is 17.3 Å². The zero-order valence-corrected chi connectivity index (χ0v) is 21.0. The number of carbonyl (C=O) groups is 1. The Morgan fingerprint density at radius 2 is 1.54 bits per heavy atom. The van der Waals surface area contributed by atoms with Crippen LogP contribution in [0, 0.1) is 17.3 Å². The first kappa shape index (κ1) is 25.0. The lowest BCUT2D eigenvalue weighted by Crippen LogP contribution is -2.26. The van der Waals surface area contributed by atoms with Gasteiger partial charge in [-0.15, -0.1) is 0 Å². The van der Waals surface area contributed by atoms with Crippen LogP contribution in [0.25, 0.3) is 0 Å². The van der Waals surface area contributed by atoms with Gasteiger partial charge in [0, 0.05) is 0 Å². The molecule has 1 aliphatic heterocycles. The third kappa shape index (κ3) is 4.85. The normalized spacial score (nSPS) is 22.4. The first-order chi connectivity index (χ1) is 16.9. The van der Waals surface area contributed by atoms with Crippen molar-refractivity contribution in [1.82, 2.24) is 0 Å². The van der Waals surface area contributed by atoms with E-state index in [-0.39, 0.29) is 17.9 Å². The molecule has 0 unspecified atom stereocenters. The molecule has 1 heterocycles. The van der Waals surface area contributed by atoms with Crippen LogP contribution in [0.2, 0.25) is 0 Å². The van der Waals surface area contributed by atoms with E-state index in [0.29, 0.717) is 54.6 Å². The van der Waals surface area contributed by atoms with Gasteiger partial charge < -0.3 is 33.5 Å². The number of methoxy groups -OCH3 is 5. The number of rotatable bonds is 11. The zero-order valence-electron chi connectivity index (χ0n) is 21.0. The van der Waals surface area contributed by atoms with E-state index in [9.17, 15) is 9.90 Å². The minimum Gasteiger partial charge on any atom is -0.493 e. The van der Waals surface area contributed by atoms with E-state index in [4.69, 9.17) is 28.4 Å². The lowest BCUT2D eigenvalue weighted by Gasteiger charge is -2.27. The van der Waals surface area contributed by atoms with Gasteiger partial charge in [0.05, 0.1) is 53.7 Å². The second-order valence-corrected chi connectivity index (χ2v) is 9.32. The number of hydrogen-bond acceptors (Lipinski definition) is 7. The fourth-order valence-corrected chi connectivity index (χ4v) is 5.23. The molecule has 8 nitrogen and oxygen atoms in total. The second-order valence-electron chi connectivity index (χ2n) is 9.32. The van der Waals surface area contributed by atoms with Gasteiger partial charge in [0.25, 0.3) is 0 Å². The van der Waals surface area contributed by atoms with Gasteiger partial charge in [-0.2, -0.15) is 0 Å². The maximum Gasteiger partial charge on any atom is 0.309 e. The Morgan fingerprint density at radius 3 is 2.06 bits per heavy atom. The fourth-order valence-electron chi connectivity index (χ4n) is 5.23. The molecular formula is C27H34O8. The van der Waals surface area contributed by atoms with Crippen molar-refractivity contribution >= 4 is 5.97 Å². The van der Waals surface area contributed by atoms with Gasteiger partial charge in [0.1, 0.15) is 0 Å². The van der Waals surface area contributed by atoms with Crippen LogP contribution < -0.4 is 23.7 Å². The van der Waals surface area contributed by atoms with Crippen molar-refractivity contribution in [3.63, 3.8) is 0 Å². The summed E-state index contributed by atoms with van der Waals surface area (Å²) in [6.45, 7) is 0.524. The van der Waals surface area contributed by atoms with Crippen LogP contribution >= 0.6 is 0 Å². The molecule has 1 saturated heterocycles. The molecule has 0 bridgehead atoms. The molecule has 0 spiro atoms. The summed E-state index contributed by atoms with van der Waals surface area (Å²) in [6.07, 6.45) is 2.41. The Bertz CT molecular complexity index is 1040. The third-order valence-corrected chi connectivity index (χ3v) is 7.38. The fraction of sp³-hybridized carbons (Fsp3) is 0.519. The Morgan fingerprint density at radius 1 is 0.914 bits per heavy atom. The lowest BCUT2D eigenvalue weighted by atomic mass is 9.77. The van der Waals surface area contributed by atoms with Gasteiger partial charge in [-0.3, -0.25) is 4.79 Å².